The first-order chi connectivity index (χ1) is 14.7. The van der Waals surface area contributed by atoms with Gasteiger partial charge >= 0.3 is 46.8 Å². The number of amides is 1. The summed E-state index contributed by atoms with van der Waals surface area (Å²) in [6.07, 6.45) is -0.349. The van der Waals surface area contributed by atoms with Gasteiger partial charge in [0.05, 0.1) is 0 Å². The van der Waals surface area contributed by atoms with E-state index >= 15 is 0 Å². The summed E-state index contributed by atoms with van der Waals surface area (Å²) in [6, 6.07) is 0. The first-order valence-corrected chi connectivity index (χ1v) is 9.04. The summed E-state index contributed by atoms with van der Waals surface area (Å²) >= 11 is 3.43. The molecule has 1 saturated heterocycles. The molecule has 0 aromatic carbocycles. The first kappa shape index (κ1) is 30.7. The van der Waals surface area contributed by atoms with Gasteiger partial charge in [-0.15, -0.1) is 0 Å². The number of likely N-dealkylation sites (tertiary alicyclic amines) is 1. The van der Waals surface area contributed by atoms with Gasteiger partial charge in [0, 0.05) is 13.1 Å². The Morgan fingerprint density at radius 3 is 1.24 bits per heavy atom. The van der Waals surface area contributed by atoms with Gasteiger partial charge in [-0.3, -0.25) is 4.79 Å². The second-order valence-corrected chi connectivity index (χ2v) is 7.97. The molecule has 1 amide bonds. The van der Waals surface area contributed by atoms with Crippen LogP contribution in [-0.2, 0) is 4.79 Å². The Kier molecular flexibility index (Phi) is 7.53. The molecule has 2 nitrogen and oxygen atoms in total. The van der Waals surface area contributed by atoms with E-state index in [1.807, 2.05) is 0 Å². The number of carbonyl (C=O) groups excluding carboxylic acids is 1. The fraction of sp³-hybridized carbons (Fsp3) is 0.933. The summed E-state index contributed by atoms with van der Waals surface area (Å²) in [5.74, 6) is -60.1. The van der Waals surface area contributed by atoms with Crippen LogP contribution >= 0.6 is 11.6 Å². The van der Waals surface area contributed by atoms with Gasteiger partial charge in [-0.2, -0.15) is 70.2 Å². The maximum absolute atomic E-state index is 13.9. The first-order valence-electron chi connectivity index (χ1n) is 8.67. The lowest BCUT2D eigenvalue weighted by Crippen LogP contribution is -2.75. The third-order valence-corrected chi connectivity index (χ3v) is 5.30. The van der Waals surface area contributed by atoms with Crippen LogP contribution in [0.5, 0.6) is 0 Å². The highest BCUT2D eigenvalue weighted by Crippen LogP contribution is 2.64. The molecule has 0 atom stereocenters. The lowest BCUT2D eigenvalue weighted by molar-refractivity contribution is -0.446. The number of piperidine rings is 1. The number of hydrogen-bond acceptors (Lipinski definition) is 1. The largest absolute Gasteiger partial charge is 0.393 e. The fourth-order valence-corrected chi connectivity index (χ4v) is 2.83. The van der Waals surface area contributed by atoms with E-state index in [2.05, 4.69) is 11.6 Å². The number of halogens is 17. The molecule has 19 heteroatoms. The zero-order valence-corrected chi connectivity index (χ0v) is 16.9. The predicted octanol–water partition coefficient (Wildman–Crippen LogP) is 6.52. The topological polar surface area (TPSA) is 20.3 Å². The molecule has 1 aliphatic heterocycles. The Morgan fingerprint density at radius 1 is 0.618 bits per heavy atom. The maximum Gasteiger partial charge on any atom is 0.393 e. The van der Waals surface area contributed by atoms with Crippen molar-refractivity contribution >= 4 is 17.5 Å². The number of carbonyl (C=O) groups is 1. The molecule has 0 radical (unpaired) electrons. The molecule has 0 aromatic rings. The van der Waals surface area contributed by atoms with Gasteiger partial charge in [0.25, 0.3) is 5.91 Å². The van der Waals surface area contributed by atoms with E-state index in [0.717, 1.165) is 0 Å². The van der Waals surface area contributed by atoms with Gasteiger partial charge in [0.1, 0.15) is 0 Å². The minimum absolute atomic E-state index is 0.175. The van der Waals surface area contributed by atoms with Crippen molar-refractivity contribution in [3.63, 3.8) is 0 Å². The summed E-state index contributed by atoms with van der Waals surface area (Å²) in [5.41, 5.74) is 0. The van der Waals surface area contributed by atoms with E-state index in [4.69, 9.17) is 0 Å². The van der Waals surface area contributed by atoms with Crippen molar-refractivity contribution in [3.05, 3.63) is 0 Å². The molecule has 0 bridgehead atoms. The molecule has 0 aliphatic carbocycles. The van der Waals surface area contributed by atoms with Gasteiger partial charge < -0.3 is 4.90 Å². The molecule has 1 aliphatic rings. The highest BCUT2D eigenvalue weighted by atomic mass is 35.5. The molecule has 0 N–H and O–H groups in total. The van der Waals surface area contributed by atoms with Crippen LogP contribution in [0, 0.1) is 5.92 Å². The SMILES string of the molecule is CC1CCN(C(=O)C(F)(F)C(F)(F)C(F)(F)C(F)(F)C(F)(F)C(F)(F)C(F)(F)C(F)(F)Cl)CC1. The molecule has 0 aromatic heterocycles. The molecule has 0 saturated carbocycles. The van der Waals surface area contributed by atoms with Crippen LogP contribution in [0.2, 0.25) is 0 Å². The van der Waals surface area contributed by atoms with Gasteiger partial charge in [-0.05, 0) is 30.4 Å². The number of hydrogen-bond donors (Lipinski definition) is 0. The Balaban J connectivity index is 3.55. The van der Waals surface area contributed by atoms with E-state index in [0.29, 0.717) is 0 Å². The lowest BCUT2D eigenvalue weighted by Gasteiger charge is -2.43. The molecule has 1 heterocycles. The summed E-state index contributed by atoms with van der Waals surface area (Å²) in [6.45, 7) is -0.135. The molecule has 1 fully saturated rings. The standard InChI is InChI=1S/C15H12ClF16NO/c1-6-2-4-33(5-3-6)7(34)8(17,18)9(19,20)10(21,22)11(23,24)12(25,26)13(27,28)14(29,30)15(16,31)32/h6H,2-5H2,1H3. The Morgan fingerprint density at radius 2 is 0.912 bits per heavy atom. The van der Waals surface area contributed by atoms with E-state index in [1.165, 1.54) is 6.92 Å². The molecular weight excluding hydrogens is 550 g/mol. The summed E-state index contributed by atoms with van der Waals surface area (Å²) in [4.78, 5) is 11.4. The van der Waals surface area contributed by atoms with Crippen LogP contribution in [0.4, 0.5) is 70.2 Å². The molecule has 1 rings (SSSR count). The van der Waals surface area contributed by atoms with E-state index in [-0.39, 0.29) is 23.7 Å². The average molecular weight is 562 g/mol. The minimum atomic E-state index is -8.57. The third kappa shape index (κ3) is 4.04. The van der Waals surface area contributed by atoms with Crippen molar-refractivity contribution in [2.24, 2.45) is 5.92 Å². The van der Waals surface area contributed by atoms with E-state index in [1.54, 1.807) is 0 Å². The zero-order valence-electron chi connectivity index (χ0n) is 16.2. The molecule has 0 spiro atoms. The van der Waals surface area contributed by atoms with Gasteiger partial charge in [-0.25, -0.2) is 0 Å². The van der Waals surface area contributed by atoms with Crippen molar-refractivity contribution in [2.75, 3.05) is 13.1 Å². The van der Waals surface area contributed by atoms with Gasteiger partial charge in [0.15, 0.2) is 0 Å². The highest BCUT2D eigenvalue weighted by Gasteiger charge is 2.95. The second-order valence-electron chi connectivity index (χ2n) is 7.49. The Labute approximate surface area is 184 Å². The van der Waals surface area contributed by atoms with Crippen LogP contribution in [0.1, 0.15) is 19.8 Å². The van der Waals surface area contributed by atoms with Crippen LogP contribution in [0.25, 0.3) is 0 Å². The quantitative estimate of drug-likeness (QED) is 0.244. The molecule has 0 unspecified atom stereocenters. The minimum Gasteiger partial charge on any atom is -0.337 e. The van der Waals surface area contributed by atoms with Crippen LogP contribution in [0.3, 0.4) is 0 Å². The lowest BCUT2D eigenvalue weighted by atomic mass is 9.88. The second kappa shape index (κ2) is 8.35. The van der Waals surface area contributed by atoms with Crippen LogP contribution < -0.4 is 0 Å². The summed E-state index contributed by atoms with van der Waals surface area (Å²) in [5, 5.41) is -6.83. The van der Waals surface area contributed by atoms with Crippen molar-refractivity contribution < 1.29 is 75.0 Å². The smallest absolute Gasteiger partial charge is 0.337 e. The molecule has 34 heavy (non-hydrogen) atoms. The Hall–Kier alpha value is -1.36. The highest BCUT2D eigenvalue weighted by molar-refractivity contribution is 6.22. The number of alkyl halides is 17. The average Bonchev–Trinajstić information content (AvgIpc) is 2.66. The number of rotatable bonds is 8. The summed E-state index contributed by atoms with van der Waals surface area (Å²) < 4.78 is 215. The van der Waals surface area contributed by atoms with Crippen molar-refractivity contribution in [3.8, 4) is 0 Å². The normalized spacial score (nSPS) is 18.9. The zero-order chi connectivity index (χ0) is 27.6. The number of nitrogens with zero attached hydrogens (tertiary/aromatic N) is 1. The van der Waals surface area contributed by atoms with Gasteiger partial charge in [0.2, 0.25) is 0 Å². The fourth-order valence-electron chi connectivity index (χ4n) is 2.71. The van der Waals surface area contributed by atoms with Gasteiger partial charge in [-0.1, -0.05) is 6.92 Å². The van der Waals surface area contributed by atoms with E-state index < -0.39 is 65.8 Å². The Bertz CT molecular complexity index is 769. The van der Waals surface area contributed by atoms with Crippen LogP contribution in [0.15, 0.2) is 0 Å². The monoisotopic (exact) mass is 561 g/mol. The van der Waals surface area contributed by atoms with Crippen molar-refractivity contribution in [1.29, 1.82) is 0 Å². The predicted molar refractivity (Wildman–Crippen MR) is 80.4 cm³/mol. The molecule has 202 valence electrons. The van der Waals surface area contributed by atoms with Crippen molar-refractivity contribution in [2.45, 2.75) is 66.6 Å². The summed E-state index contributed by atoms with van der Waals surface area (Å²) in [7, 11) is 0. The van der Waals surface area contributed by atoms with Crippen LogP contribution in [-0.4, -0.2) is 70.7 Å². The molecular formula is C15H12ClF16NO. The maximum atomic E-state index is 13.9. The third-order valence-electron chi connectivity index (χ3n) is 5.06. The van der Waals surface area contributed by atoms with Crippen molar-refractivity contribution in [1.82, 2.24) is 4.90 Å². The van der Waals surface area contributed by atoms with E-state index in [9.17, 15) is 75.0 Å².